The van der Waals surface area contributed by atoms with Gasteiger partial charge < -0.3 is 14.2 Å². The Labute approximate surface area is 492 Å². The maximum absolute atomic E-state index is 12.9. The number of hydrogen-bond acceptors (Lipinski definition) is 6. The second kappa shape index (κ2) is 67.9. The van der Waals surface area contributed by atoms with E-state index in [9.17, 15) is 14.4 Å². The molecule has 0 aliphatic rings. The Morgan fingerprint density at radius 3 is 0.709 bits per heavy atom. The second-order valence-electron chi connectivity index (χ2n) is 23.8. The van der Waals surface area contributed by atoms with E-state index >= 15 is 0 Å². The van der Waals surface area contributed by atoms with Crippen LogP contribution in [-0.4, -0.2) is 37.2 Å². The summed E-state index contributed by atoms with van der Waals surface area (Å²) in [5, 5.41) is 0. The summed E-state index contributed by atoms with van der Waals surface area (Å²) in [7, 11) is 0. The maximum Gasteiger partial charge on any atom is 0.306 e. The van der Waals surface area contributed by atoms with Crippen LogP contribution < -0.4 is 0 Å². The fourth-order valence-corrected chi connectivity index (χ4v) is 10.5. The molecule has 0 bridgehead atoms. The summed E-state index contributed by atoms with van der Waals surface area (Å²) in [6, 6.07) is 0. The predicted octanol–water partition coefficient (Wildman–Crippen LogP) is 24.1. The van der Waals surface area contributed by atoms with Crippen molar-refractivity contribution in [2.75, 3.05) is 13.2 Å². The molecule has 0 N–H and O–H groups in total. The number of unbranched alkanes of at least 4 members (excludes halogenated alkanes) is 46. The molecule has 0 radical (unpaired) electrons. The average molecular weight is 1110 g/mol. The molecule has 0 heterocycles. The second-order valence-corrected chi connectivity index (χ2v) is 23.8. The lowest BCUT2D eigenvalue weighted by molar-refractivity contribution is -0.167. The van der Waals surface area contributed by atoms with E-state index in [0.29, 0.717) is 19.3 Å². The van der Waals surface area contributed by atoms with Crippen molar-refractivity contribution < 1.29 is 28.6 Å². The lowest BCUT2D eigenvalue weighted by atomic mass is 10.0. The molecule has 0 fully saturated rings. The van der Waals surface area contributed by atoms with Gasteiger partial charge in [-0.25, -0.2) is 0 Å². The van der Waals surface area contributed by atoms with Crippen LogP contribution >= 0.6 is 0 Å². The first-order valence-corrected chi connectivity index (χ1v) is 35.1. The molecule has 0 aromatic heterocycles. The minimum atomic E-state index is -0.774. The molecule has 0 spiro atoms. The first kappa shape index (κ1) is 76.4. The Bertz CT molecular complexity index is 1360. The molecule has 0 amide bonds. The standard InChI is InChI=1S/C73H134O6/c1-4-7-10-13-16-19-22-24-26-28-30-31-32-33-34-35-36-37-38-39-40-41-42-43-44-46-47-49-51-54-57-60-63-66-72(75)78-69-70(68-77-71(74)65-62-59-56-53-21-18-15-12-9-6-3)79-73(76)67-64-61-58-55-52-50-48-45-29-27-25-23-20-17-14-11-8-5-2/h20,22-24,27-30,70H,4-19,21,25-26,31-69H2,1-3H3/b23-20-,24-22-,29-27-,30-28-. The molecule has 0 aliphatic carbocycles. The van der Waals surface area contributed by atoms with Gasteiger partial charge in [-0.2, -0.15) is 0 Å². The van der Waals surface area contributed by atoms with Gasteiger partial charge >= 0.3 is 17.9 Å². The molecular weight excluding hydrogens is 973 g/mol. The van der Waals surface area contributed by atoms with Crippen molar-refractivity contribution in [3.63, 3.8) is 0 Å². The van der Waals surface area contributed by atoms with Crippen LogP contribution in [0.5, 0.6) is 0 Å². The SMILES string of the molecule is CCCCCC/C=C\C/C=C\CCCCCCCCCC(=O)OC(COC(=O)CCCCCCCCCCCC)COC(=O)CCCCCCCCCCCCCCCCCCCCCCC/C=C\C/C=C\CCCCCCC. The summed E-state index contributed by atoms with van der Waals surface area (Å²) in [4.78, 5) is 38.3. The van der Waals surface area contributed by atoms with E-state index in [1.54, 1.807) is 0 Å². The smallest absolute Gasteiger partial charge is 0.306 e. The van der Waals surface area contributed by atoms with Crippen molar-refractivity contribution in [2.24, 2.45) is 0 Å². The van der Waals surface area contributed by atoms with Crippen molar-refractivity contribution in [2.45, 2.75) is 386 Å². The Hall–Kier alpha value is -2.63. The molecule has 0 saturated carbocycles. The highest BCUT2D eigenvalue weighted by Gasteiger charge is 2.19. The molecule has 462 valence electrons. The molecule has 1 atom stereocenters. The number of carbonyl (C=O) groups excluding carboxylic acids is 3. The number of esters is 3. The van der Waals surface area contributed by atoms with E-state index < -0.39 is 6.10 Å². The molecular formula is C73H134O6. The van der Waals surface area contributed by atoms with Crippen LogP contribution in [0.2, 0.25) is 0 Å². The molecule has 6 heteroatoms. The highest BCUT2D eigenvalue weighted by molar-refractivity contribution is 5.71. The van der Waals surface area contributed by atoms with Gasteiger partial charge in [-0.15, -0.1) is 0 Å². The third-order valence-corrected chi connectivity index (χ3v) is 15.8. The Kier molecular flexibility index (Phi) is 65.6. The zero-order valence-electron chi connectivity index (χ0n) is 53.2. The Morgan fingerprint density at radius 1 is 0.253 bits per heavy atom. The van der Waals surface area contributed by atoms with Crippen molar-refractivity contribution in [1.29, 1.82) is 0 Å². The summed E-state index contributed by atoms with van der Waals surface area (Å²) >= 11 is 0. The monoisotopic (exact) mass is 1110 g/mol. The predicted molar refractivity (Wildman–Crippen MR) is 344 cm³/mol. The zero-order valence-corrected chi connectivity index (χ0v) is 53.2. The lowest BCUT2D eigenvalue weighted by Gasteiger charge is -2.18. The third-order valence-electron chi connectivity index (χ3n) is 15.8. The zero-order chi connectivity index (χ0) is 57.1. The minimum Gasteiger partial charge on any atom is -0.462 e. The van der Waals surface area contributed by atoms with Crippen molar-refractivity contribution in [1.82, 2.24) is 0 Å². The van der Waals surface area contributed by atoms with E-state index in [-0.39, 0.29) is 31.1 Å². The van der Waals surface area contributed by atoms with Gasteiger partial charge in [0.05, 0.1) is 0 Å². The first-order valence-electron chi connectivity index (χ1n) is 35.1. The molecule has 1 unspecified atom stereocenters. The van der Waals surface area contributed by atoms with E-state index in [1.807, 2.05) is 0 Å². The van der Waals surface area contributed by atoms with Gasteiger partial charge in [0.1, 0.15) is 13.2 Å². The van der Waals surface area contributed by atoms with Crippen LogP contribution in [0.15, 0.2) is 48.6 Å². The number of rotatable bonds is 65. The van der Waals surface area contributed by atoms with Crippen molar-refractivity contribution >= 4 is 17.9 Å². The fourth-order valence-electron chi connectivity index (χ4n) is 10.5. The van der Waals surface area contributed by atoms with Gasteiger partial charge in [-0.3, -0.25) is 14.4 Å². The normalized spacial score (nSPS) is 12.3. The van der Waals surface area contributed by atoms with Gasteiger partial charge in [-0.1, -0.05) is 326 Å². The fraction of sp³-hybridized carbons (Fsp3) is 0.849. The van der Waals surface area contributed by atoms with Gasteiger partial charge in [0.25, 0.3) is 0 Å². The van der Waals surface area contributed by atoms with E-state index in [0.717, 1.165) is 77.0 Å². The van der Waals surface area contributed by atoms with Gasteiger partial charge in [-0.05, 0) is 83.5 Å². The van der Waals surface area contributed by atoms with Crippen LogP contribution in [-0.2, 0) is 28.6 Å². The maximum atomic E-state index is 12.9. The molecule has 0 aromatic carbocycles. The Balaban J connectivity index is 4.07. The summed E-state index contributed by atoms with van der Waals surface area (Å²) in [6.07, 6.45) is 85.8. The molecule has 0 saturated heterocycles. The quantitative estimate of drug-likeness (QED) is 0.0261. The number of allylic oxidation sites excluding steroid dienone is 8. The number of carbonyl (C=O) groups is 3. The third kappa shape index (κ3) is 66.1. The number of ether oxygens (including phenoxy) is 3. The topological polar surface area (TPSA) is 78.9 Å². The van der Waals surface area contributed by atoms with Crippen molar-refractivity contribution in [3.8, 4) is 0 Å². The Morgan fingerprint density at radius 2 is 0.456 bits per heavy atom. The van der Waals surface area contributed by atoms with Crippen LogP contribution in [0.3, 0.4) is 0 Å². The molecule has 0 aliphatic heterocycles. The lowest BCUT2D eigenvalue weighted by Crippen LogP contribution is -2.30. The molecule has 0 rings (SSSR count). The summed E-state index contributed by atoms with van der Waals surface area (Å²) in [6.45, 7) is 6.65. The van der Waals surface area contributed by atoms with Gasteiger partial charge in [0.2, 0.25) is 0 Å². The largest absolute Gasteiger partial charge is 0.462 e. The average Bonchev–Trinajstić information content (AvgIpc) is 3.45. The molecule has 0 aromatic rings. The van der Waals surface area contributed by atoms with Crippen LogP contribution in [0.4, 0.5) is 0 Å². The van der Waals surface area contributed by atoms with E-state index in [4.69, 9.17) is 14.2 Å². The van der Waals surface area contributed by atoms with E-state index in [1.165, 1.54) is 263 Å². The first-order chi connectivity index (χ1) is 39.0. The van der Waals surface area contributed by atoms with Gasteiger partial charge in [0.15, 0.2) is 6.10 Å². The van der Waals surface area contributed by atoms with E-state index in [2.05, 4.69) is 69.4 Å². The summed E-state index contributed by atoms with van der Waals surface area (Å²) in [5.74, 6) is -0.857. The summed E-state index contributed by atoms with van der Waals surface area (Å²) < 4.78 is 16.9. The molecule has 6 nitrogen and oxygen atoms in total. The van der Waals surface area contributed by atoms with Gasteiger partial charge in [0, 0.05) is 19.3 Å². The van der Waals surface area contributed by atoms with Crippen LogP contribution in [0, 0.1) is 0 Å². The van der Waals surface area contributed by atoms with Crippen LogP contribution in [0.1, 0.15) is 380 Å². The minimum absolute atomic E-state index is 0.0711. The summed E-state index contributed by atoms with van der Waals surface area (Å²) in [5.41, 5.74) is 0. The number of hydrogen-bond donors (Lipinski definition) is 0. The highest BCUT2D eigenvalue weighted by Crippen LogP contribution is 2.18. The molecule has 79 heavy (non-hydrogen) atoms. The van der Waals surface area contributed by atoms with Crippen LogP contribution in [0.25, 0.3) is 0 Å². The van der Waals surface area contributed by atoms with Crippen molar-refractivity contribution in [3.05, 3.63) is 48.6 Å². The highest BCUT2D eigenvalue weighted by atomic mass is 16.6.